The molecule has 0 aromatic carbocycles. The van der Waals surface area contributed by atoms with E-state index in [0.717, 1.165) is 12.3 Å². The number of hydrogen-bond acceptors (Lipinski definition) is 3. The number of nitrogens with zero attached hydrogens (tertiary/aromatic N) is 1. The van der Waals surface area contributed by atoms with Gasteiger partial charge in [0, 0.05) is 13.1 Å². The lowest BCUT2D eigenvalue weighted by Crippen LogP contribution is -2.20. The molecular formula is C7H8FN3O. The summed E-state index contributed by atoms with van der Waals surface area (Å²) in [7, 11) is 1.45. The summed E-state index contributed by atoms with van der Waals surface area (Å²) < 4.78 is 12.4. The SMILES string of the molecule is CNC(=O)c1ncc(F)cc1N. The molecule has 4 nitrogen and oxygen atoms in total. The summed E-state index contributed by atoms with van der Waals surface area (Å²) in [5.74, 6) is -0.979. The molecule has 0 fully saturated rings. The number of carbonyl (C=O) groups is 1. The van der Waals surface area contributed by atoms with Gasteiger partial charge in [-0.05, 0) is 0 Å². The second-order valence-corrected chi connectivity index (χ2v) is 2.17. The third-order valence-electron chi connectivity index (χ3n) is 1.33. The number of hydrogen-bond donors (Lipinski definition) is 2. The van der Waals surface area contributed by atoms with Gasteiger partial charge in [-0.1, -0.05) is 0 Å². The molecule has 3 N–H and O–H groups in total. The lowest BCUT2D eigenvalue weighted by atomic mass is 10.3. The van der Waals surface area contributed by atoms with Crippen LogP contribution in [-0.2, 0) is 0 Å². The Balaban J connectivity index is 3.09. The molecule has 1 amide bonds. The number of halogens is 1. The largest absolute Gasteiger partial charge is 0.397 e. The average Bonchev–Trinajstić information content (AvgIpc) is 2.03. The van der Waals surface area contributed by atoms with E-state index in [1.54, 1.807) is 0 Å². The Morgan fingerprint density at radius 3 is 2.92 bits per heavy atom. The lowest BCUT2D eigenvalue weighted by Gasteiger charge is -2.01. The zero-order valence-corrected chi connectivity index (χ0v) is 6.47. The van der Waals surface area contributed by atoms with Crippen molar-refractivity contribution in [1.29, 1.82) is 0 Å². The minimum Gasteiger partial charge on any atom is -0.397 e. The Labute approximate surface area is 68.6 Å². The van der Waals surface area contributed by atoms with E-state index in [2.05, 4.69) is 10.3 Å². The first kappa shape index (κ1) is 8.45. The fourth-order valence-electron chi connectivity index (χ4n) is 0.763. The van der Waals surface area contributed by atoms with Gasteiger partial charge in [-0.3, -0.25) is 4.79 Å². The predicted molar refractivity (Wildman–Crippen MR) is 42.0 cm³/mol. The van der Waals surface area contributed by atoms with Gasteiger partial charge in [-0.25, -0.2) is 9.37 Å². The van der Waals surface area contributed by atoms with Crippen molar-refractivity contribution in [3.63, 3.8) is 0 Å². The van der Waals surface area contributed by atoms with Crippen LogP contribution < -0.4 is 11.1 Å². The van der Waals surface area contributed by atoms with Crippen LogP contribution in [0, 0.1) is 5.82 Å². The van der Waals surface area contributed by atoms with Crippen molar-refractivity contribution in [3.8, 4) is 0 Å². The highest BCUT2D eigenvalue weighted by molar-refractivity contribution is 5.96. The molecule has 0 bridgehead atoms. The van der Waals surface area contributed by atoms with E-state index < -0.39 is 11.7 Å². The Morgan fingerprint density at radius 1 is 1.75 bits per heavy atom. The van der Waals surface area contributed by atoms with Crippen LogP contribution in [-0.4, -0.2) is 17.9 Å². The van der Waals surface area contributed by atoms with E-state index in [1.165, 1.54) is 7.05 Å². The summed E-state index contributed by atoms with van der Waals surface area (Å²) in [6, 6.07) is 1.05. The van der Waals surface area contributed by atoms with Crippen LogP contribution in [0.1, 0.15) is 10.5 Å². The van der Waals surface area contributed by atoms with Gasteiger partial charge in [-0.2, -0.15) is 0 Å². The van der Waals surface area contributed by atoms with Crippen molar-refractivity contribution < 1.29 is 9.18 Å². The molecule has 0 aliphatic heterocycles. The molecular weight excluding hydrogens is 161 g/mol. The fraction of sp³-hybridized carbons (Fsp3) is 0.143. The van der Waals surface area contributed by atoms with Gasteiger partial charge < -0.3 is 11.1 Å². The number of anilines is 1. The smallest absolute Gasteiger partial charge is 0.271 e. The number of aromatic nitrogens is 1. The van der Waals surface area contributed by atoms with E-state index >= 15 is 0 Å². The molecule has 0 aliphatic rings. The molecule has 0 radical (unpaired) electrons. The number of nitrogens with two attached hydrogens (primary N) is 1. The van der Waals surface area contributed by atoms with E-state index in [4.69, 9.17) is 5.73 Å². The second-order valence-electron chi connectivity index (χ2n) is 2.17. The summed E-state index contributed by atoms with van der Waals surface area (Å²) in [4.78, 5) is 14.5. The highest BCUT2D eigenvalue weighted by Crippen LogP contribution is 2.09. The van der Waals surface area contributed by atoms with Crippen molar-refractivity contribution >= 4 is 11.6 Å². The maximum absolute atomic E-state index is 12.4. The van der Waals surface area contributed by atoms with Gasteiger partial charge in [-0.15, -0.1) is 0 Å². The monoisotopic (exact) mass is 169 g/mol. The van der Waals surface area contributed by atoms with E-state index in [0.29, 0.717) is 0 Å². The van der Waals surface area contributed by atoms with Gasteiger partial charge in [0.25, 0.3) is 5.91 Å². The van der Waals surface area contributed by atoms with Crippen molar-refractivity contribution in [3.05, 3.63) is 23.8 Å². The topological polar surface area (TPSA) is 68.0 Å². The van der Waals surface area contributed by atoms with Crippen molar-refractivity contribution in [2.75, 3.05) is 12.8 Å². The zero-order valence-electron chi connectivity index (χ0n) is 6.47. The van der Waals surface area contributed by atoms with Crippen molar-refractivity contribution in [1.82, 2.24) is 10.3 Å². The Hall–Kier alpha value is -1.65. The maximum atomic E-state index is 12.4. The first-order valence-electron chi connectivity index (χ1n) is 3.28. The third-order valence-corrected chi connectivity index (χ3v) is 1.33. The number of amides is 1. The van der Waals surface area contributed by atoms with Crippen molar-refractivity contribution in [2.24, 2.45) is 0 Å². The Morgan fingerprint density at radius 2 is 2.42 bits per heavy atom. The van der Waals surface area contributed by atoms with Crippen LogP contribution >= 0.6 is 0 Å². The Kier molecular flexibility index (Phi) is 2.23. The van der Waals surface area contributed by atoms with Crippen molar-refractivity contribution in [2.45, 2.75) is 0 Å². The van der Waals surface area contributed by atoms with Gasteiger partial charge in [0.15, 0.2) is 5.69 Å². The number of nitrogen functional groups attached to an aromatic ring is 1. The number of pyridine rings is 1. The van der Waals surface area contributed by atoms with E-state index in [9.17, 15) is 9.18 Å². The minimum absolute atomic E-state index is 0.0364. The molecule has 0 saturated carbocycles. The quantitative estimate of drug-likeness (QED) is 0.629. The maximum Gasteiger partial charge on any atom is 0.271 e. The van der Waals surface area contributed by atoms with Crippen LogP contribution in [0.25, 0.3) is 0 Å². The van der Waals surface area contributed by atoms with Gasteiger partial charge in [0.05, 0.1) is 11.9 Å². The highest BCUT2D eigenvalue weighted by Gasteiger charge is 2.09. The molecule has 0 atom stereocenters. The first-order chi connectivity index (χ1) is 5.65. The van der Waals surface area contributed by atoms with Gasteiger partial charge in [0.1, 0.15) is 5.82 Å². The molecule has 1 aromatic rings. The summed E-state index contributed by atoms with van der Waals surface area (Å²) in [5.41, 5.74) is 5.41. The molecule has 1 heterocycles. The standard InChI is InChI=1S/C7H8FN3O/c1-10-7(12)6-5(9)2-4(8)3-11-6/h2-3H,9H2,1H3,(H,10,12). The van der Waals surface area contributed by atoms with Crippen LogP contribution in [0.3, 0.4) is 0 Å². The summed E-state index contributed by atoms with van der Waals surface area (Å²) in [6.07, 6.45) is 0.945. The molecule has 64 valence electrons. The summed E-state index contributed by atoms with van der Waals surface area (Å²) in [6.45, 7) is 0. The number of nitrogens with one attached hydrogen (secondary N) is 1. The lowest BCUT2D eigenvalue weighted by molar-refractivity contribution is 0.0959. The predicted octanol–water partition coefficient (Wildman–Crippen LogP) is 0.162. The van der Waals surface area contributed by atoms with Crippen LogP contribution in [0.4, 0.5) is 10.1 Å². The molecule has 0 spiro atoms. The fourth-order valence-corrected chi connectivity index (χ4v) is 0.763. The third kappa shape index (κ3) is 1.50. The highest BCUT2D eigenvalue weighted by atomic mass is 19.1. The number of carbonyl (C=O) groups excluding carboxylic acids is 1. The molecule has 0 aliphatic carbocycles. The zero-order chi connectivity index (χ0) is 9.14. The Bertz CT molecular complexity index is 314. The second kappa shape index (κ2) is 3.17. The van der Waals surface area contributed by atoms with Crippen LogP contribution in [0.15, 0.2) is 12.3 Å². The van der Waals surface area contributed by atoms with Gasteiger partial charge >= 0.3 is 0 Å². The van der Waals surface area contributed by atoms with Crippen LogP contribution in [0.2, 0.25) is 0 Å². The summed E-state index contributed by atoms with van der Waals surface area (Å²) >= 11 is 0. The molecule has 0 unspecified atom stereocenters. The number of rotatable bonds is 1. The molecule has 1 aromatic heterocycles. The minimum atomic E-state index is -0.555. The average molecular weight is 169 g/mol. The van der Waals surface area contributed by atoms with E-state index in [-0.39, 0.29) is 11.4 Å². The molecule has 0 saturated heterocycles. The van der Waals surface area contributed by atoms with E-state index in [1.807, 2.05) is 0 Å². The molecule has 12 heavy (non-hydrogen) atoms. The summed E-state index contributed by atoms with van der Waals surface area (Å²) in [5, 5.41) is 2.34. The molecule has 5 heteroatoms. The normalized spacial score (nSPS) is 9.50. The molecule has 1 rings (SSSR count). The first-order valence-corrected chi connectivity index (χ1v) is 3.28. The van der Waals surface area contributed by atoms with Crippen LogP contribution in [0.5, 0.6) is 0 Å². The van der Waals surface area contributed by atoms with Gasteiger partial charge in [0.2, 0.25) is 0 Å².